The lowest BCUT2D eigenvalue weighted by Crippen LogP contribution is -2.45. The van der Waals surface area contributed by atoms with Crippen LogP contribution in [0.25, 0.3) is 28.0 Å². The number of halogens is 4. The van der Waals surface area contributed by atoms with Crippen LogP contribution in [-0.2, 0) is 23.3 Å². The highest BCUT2D eigenvalue weighted by Gasteiger charge is 2.32. The second-order valence-electron chi connectivity index (χ2n) is 9.73. The van der Waals surface area contributed by atoms with Crippen molar-refractivity contribution < 1.29 is 30.7 Å². The Kier molecular flexibility index (Phi) is 7.14. The fraction of sp³-hybridized carbons (Fsp3) is 0.385. The van der Waals surface area contributed by atoms with E-state index in [0.717, 1.165) is 35.2 Å². The normalized spacial score (nSPS) is 17.0. The van der Waals surface area contributed by atoms with Gasteiger partial charge in [-0.3, -0.25) is 14.1 Å². The number of aryl methyl sites for hydroxylation is 2. The Labute approximate surface area is 222 Å². The monoisotopic (exact) mass is 565 g/mol. The highest BCUT2D eigenvalue weighted by atomic mass is 32.2. The van der Waals surface area contributed by atoms with Crippen LogP contribution in [0.3, 0.4) is 0 Å². The van der Waals surface area contributed by atoms with E-state index in [9.17, 15) is 26.0 Å². The molecular weight excluding hydrogens is 538 g/mol. The van der Waals surface area contributed by atoms with Gasteiger partial charge in [0.1, 0.15) is 5.65 Å². The summed E-state index contributed by atoms with van der Waals surface area (Å²) in [6.45, 7) is 3.14. The van der Waals surface area contributed by atoms with Gasteiger partial charge in [0.05, 0.1) is 29.1 Å². The molecule has 0 radical (unpaired) electrons. The van der Waals surface area contributed by atoms with Crippen molar-refractivity contribution in [2.24, 2.45) is 7.05 Å². The summed E-state index contributed by atoms with van der Waals surface area (Å²) in [5.74, 6) is -1.70. The van der Waals surface area contributed by atoms with Gasteiger partial charge in [0.25, 0.3) is 0 Å². The number of hydrogen-bond donors (Lipinski definition) is 0. The van der Waals surface area contributed by atoms with Crippen LogP contribution in [0.4, 0.5) is 17.6 Å². The van der Waals surface area contributed by atoms with Crippen molar-refractivity contribution in [2.75, 3.05) is 24.6 Å². The van der Waals surface area contributed by atoms with Crippen LogP contribution < -0.4 is 4.74 Å². The van der Waals surface area contributed by atoms with E-state index < -0.39 is 27.8 Å². The molecule has 39 heavy (non-hydrogen) atoms. The second-order valence-corrected chi connectivity index (χ2v) is 12.0. The average molecular weight is 566 g/mol. The smallest absolute Gasteiger partial charge is 0.403 e. The Morgan fingerprint density at radius 2 is 1.85 bits per heavy atom. The maximum absolute atomic E-state index is 14.4. The van der Waals surface area contributed by atoms with Gasteiger partial charge >= 0.3 is 6.36 Å². The van der Waals surface area contributed by atoms with Crippen LogP contribution in [0.2, 0.25) is 0 Å². The van der Waals surface area contributed by atoms with Crippen molar-refractivity contribution in [2.45, 2.75) is 32.2 Å². The largest absolute Gasteiger partial charge is 0.573 e. The van der Waals surface area contributed by atoms with E-state index in [1.165, 1.54) is 6.07 Å². The van der Waals surface area contributed by atoms with Crippen molar-refractivity contribution in [1.82, 2.24) is 24.2 Å². The van der Waals surface area contributed by atoms with Crippen LogP contribution in [0.1, 0.15) is 18.9 Å². The molecule has 1 aliphatic rings. The van der Waals surface area contributed by atoms with E-state index >= 15 is 0 Å². The molecule has 0 amide bonds. The van der Waals surface area contributed by atoms with Gasteiger partial charge in [0, 0.05) is 49.5 Å². The zero-order chi connectivity index (χ0) is 27.9. The number of fused-ring (bicyclic) bond motifs is 1. The summed E-state index contributed by atoms with van der Waals surface area (Å²) < 4.78 is 82.9. The van der Waals surface area contributed by atoms with Crippen LogP contribution in [0.5, 0.6) is 5.75 Å². The van der Waals surface area contributed by atoms with E-state index in [1.54, 1.807) is 24.0 Å². The molecule has 1 atom stereocenters. The van der Waals surface area contributed by atoms with Crippen LogP contribution in [0, 0.1) is 5.82 Å². The molecule has 13 heteroatoms. The number of pyridine rings is 1. The first-order valence-corrected chi connectivity index (χ1v) is 14.2. The summed E-state index contributed by atoms with van der Waals surface area (Å²) in [7, 11) is -1.16. The van der Waals surface area contributed by atoms with Crippen molar-refractivity contribution in [3.05, 3.63) is 60.3 Å². The van der Waals surface area contributed by atoms with Gasteiger partial charge < -0.3 is 4.74 Å². The van der Waals surface area contributed by atoms with Crippen LogP contribution in [0.15, 0.2) is 48.9 Å². The molecule has 1 aliphatic heterocycles. The zero-order valence-corrected chi connectivity index (χ0v) is 22.1. The topological polar surface area (TPSA) is 82.2 Å². The minimum atomic E-state index is -5.00. The predicted molar refractivity (Wildman–Crippen MR) is 138 cm³/mol. The minimum absolute atomic E-state index is 0.175. The maximum Gasteiger partial charge on any atom is 0.573 e. The number of ether oxygens (including phenoxy) is 1. The molecule has 4 aromatic rings. The third-order valence-corrected chi connectivity index (χ3v) is 8.60. The predicted octanol–water partition coefficient (Wildman–Crippen LogP) is 4.52. The summed E-state index contributed by atoms with van der Waals surface area (Å²) >= 11 is 0. The van der Waals surface area contributed by atoms with E-state index in [1.807, 2.05) is 23.0 Å². The van der Waals surface area contributed by atoms with E-state index in [4.69, 9.17) is 4.98 Å². The Balaban J connectivity index is 1.45. The lowest BCUT2D eigenvalue weighted by molar-refractivity contribution is -0.275. The number of sulfone groups is 1. The van der Waals surface area contributed by atoms with Crippen molar-refractivity contribution >= 4 is 20.9 Å². The molecule has 208 valence electrons. The van der Waals surface area contributed by atoms with Gasteiger partial charge in [-0.25, -0.2) is 17.8 Å². The first-order chi connectivity index (χ1) is 18.4. The van der Waals surface area contributed by atoms with Gasteiger partial charge in [-0.15, -0.1) is 13.2 Å². The van der Waals surface area contributed by atoms with Crippen LogP contribution >= 0.6 is 0 Å². The highest BCUT2D eigenvalue weighted by molar-refractivity contribution is 7.91. The van der Waals surface area contributed by atoms with E-state index in [0.29, 0.717) is 36.4 Å². The molecule has 8 nitrogen and oxygen atoms in total. The van der Waals surface area contributed by atoms with Gasteiger partial charge in [-0.2, -0.15) is 5.10 Å². The highest BCUT2D eigenvalue weighted by Crippen LogP contribution is 2.32. The van der Waals surface area contributed by atoms with Gasteiger partial charge in [-0.05, 0) is 55.7 Å². The Hall–Kier alpha value is -3.45. The molecule has 0 spiro atoms. The number of aromatic nitrogens is 4. The van der Waals surface area contributed by atoms with E-state index in [2.05, 4.69) is 21.7 Å². The Morgan fingerprint density at radius 1 is 1.10 bits per heavy atom. The first kappa shape index (κ1) is 27.1. The molecule has 0 N–H and O–H groups in total. The molecule has 0 aliphatic carbocycles. The maximum atomic E-state index is 14.4. The molecule has 0 saturated carbocycles. The molecule has 1 saturated heterocycles. The third kappa shape index (κ3) is 6.09. The van der Waals surface area contributed by atoms with Crippen molar-refractivity contribution in [3.8, 4) is 22.7 Å². The quantitative estimate of drug-likeness (QED) is 0.307. The minimum Gasteiger partial charge on any atom is -0.403 e. The summed E-state index contributed by atoms with van der Waals surface area (Å²) in [4.78, 5) is 6.94. The van der Waals surface area contributed by atoms with Crippen molar-refractivity contribution in [1.29, 1.82) is 0 Å². The molecule has 5 rings (SSSR count). The average Bonchev–Trinajstić information content (AvgIpc) is 3.46. The third-order valence-electron chi connectivity index (χ3n) is 6.99. The lowest BCUT2D eigenvalue weighted by atomic mass is 10.0. The molecule has 0 unspecified atom stereocenters. The zero-order valence-electron chi connectivity index (χ0n) is 21.3. The summed E-state index contributed by atoms with van der Waals surface area (Å²) in [5, 5.41) is 5.13. The fourth-order valence-electron chi connectivity index (χ4n) is 4.84. The van der Waals surface area contributed by atoms with Gasteiger partial charge in [0.2, 0.25) is 0 Å². The Morgan fingerprint density at radius 3 is 2.49 bits per heavy atom. The number of hydrogen-bond acceptors (Lipinski definition) is 6. The van der Waals surface area contributed by atoms with Gasteiger partial charge in [-0.1, -0.05) is 0 Å². The molecule has 4 heterocycles. The number of alkyl halides is 3. The number of benzene rings is 1. The van der Waals surface area contributed by atoms with Crippen molar-refractivity contribution in [3.63, 3.8) is 0 Å². The summed E-state index contributed by atoms with van der Waals surface area (Å²) in [5.41, 5.74) is 3.09. The Bertz CT molecular complexity index is 1600. The molecule has 3 aromatic heterocycles. The number of nitrogens with zero attached hydrogens (tertiary/aromatic N) is 5. The van der Waals surface area contributed by atoms with Gasteiger partial charge in [0.15, 0.2) is 21.4 Å². The van der Waals surface area contributed by atoms with E-state index in [-0.39, 0.29) is 17.5 Å². The molecular formula is C26H27F4N5O3S. The molecule has 1 aromatic carbocycles. The molecule has 1 fully saturated rings. The SMILES string of the molecule is C[C@@H](CCc1cn(-c2cnn(C)c2)c2nc(-c3ccc(OC(F)(F)F)c(F)c3)ccc12)N1CCS(=O)(=O)CC1. The lowest BCUT2D eigenvalue weighted by Gasteiger charge is -2.32. The summed E-state index contributed by atoms with van der Waals surface area (Å²) in [6.07, 6.45) is 2.03. The van der Waals surface area contributed by atoms with Crippen LogP contribution in [-0.4, -0.2) is 69.6 Å². The molecule has 0 bridgehead atoms. The number of rotatable bonds is 7. The fourth-order valence-corrected chi connectivity index (χ4v) is 6.07. The standard InChI is InChI=1S/C26H27F4N5O3S/c1-17(34-9-11-39(36,37)12-10-34)3-4-19-15-35(20-14-31-33(2)16-20)25-21(19)6-7-23(32-25)18-5-8-24(22(27)13-18)38-26(28,29)30/h5-8,13-17H,3-4,9-12H2,1-2H3/t17-/m0/s1. The summed E-state index contributed by atoms with van der Waals surface area (Å²) in [6, 6.07) is 6.99. The first-order valence-electron chi connectivity index (χ1n) is 12.4. The second kappa shape index (κ2) is 10.3.